The number of hydrogen-bond acceptors (Lipinski definition) is 4. The number of nitrogens with two attached hydrogens (primary N) is 1. The first-order valence-corrected chi connectivity index (χ1v) is 6.34. The first kappa shape index (κ1) is 12.8. The number of hydrogen-bond donors (Lipinski definition) is 1. The standard InChI is InChI=1S/C12H16ClN5/c1-3-4-8(2)18-12(15-16-17-18)9-5-6-10(13)11(14)7-9/h5-8H,3-4,14H2,1-2H3. The highest BCUT2D eigenvalue weighted by Gasteiger charge is 2.14. The van der Waals surface area contributed by atoms with Crippen molar-refractivity contribution < 1.29 is 0 Å². The van der Waals surface area contributed by atoms with Gasteiger partial charge in [-0.15, -0.1) is 5.10 Å². The van der Waals surface area contributed by atoms with Crippen molar-refractivity contribution in [3.8, 4) is 11.4 Å². The van der Waals surface area contributed by atoms with E-state index < -0.39 is 0 Å². The van der Waals surface area contributed by atoms with Crippen LogP contribution in [0.1, 0.15) is 32.7 Å². The SMILES string of the molecule is CCCC(C)n1nnnc1-c1ccc(Cl)c(N)c1. The van der Waals surface area contributed by atoms with Crippen molar-refractivity contribution in [1.29, 1.82) is 0 Å². The molecule has 0 aliphatic rings. The van der Waals surface area contributed by atoms with E-state index in [9.17, 15) is 0 Å². The minimum absolute atomic E-state index is 0.261. The third kappa shape index (κ3) is 2.46. The molecule has 1 unspecified atom stereocenters. The molecular formula is C12H16ClN5. The lowest BCUT2D eigenvalue weighted by Gasteiger charge is -2.12. The van der Waals surface area contributed by atoms with Gasteiger partial charge in [-0.25, -0.2) is 4.68 Å². The number of halogens is 1. The van der Waals surface area contributed by atoms with Crippen LogP contribution in [0.2, 0.25) is 5.02 Å². The first-order chi connectivity index (χ1) is 8.63. The van der Waals surface area contributed by atoms with E-state index in [2.05, 4.69) is 29.4 Å². The third-order valence-electron chi connectivity index (χ3n) is 2.87. The lowest BCUT2D eigenvalue weighted by atomic mass is 10.1. The van der Waals surface area contributed by atoms with E-state index in [0.29, 0.717) is 10.7 Å². The lowest BCUT2D eigenvalue weighted by Crippen LogP contribution is -2.09. The van der Waals surface area contributed by atoms with Crippen molar-refractivity contribution in [2.75, 3.05) is 5.73 Å². The van der Waals surface area contributed by atoms with E-state index >= 15 is 0 Å². The Morgan fingerprint density at radius 2 is 2.22 bits per heavy atom. The maximum Gasteiger partial charge on any atom is 0.182 e. The summed E-state index contributed by atoms with van der Waals surface area (Å²) in [6, 6.07) is 5.69. The molecule has 0 amide bonds. The Balaban J connectivity index is 2.39. The average molecular weight is 266 g/mol. The number of tetrazole rings is 1. The van der Waals surface area contributed by atoms with Crippen molar-refractivity contribution in [2.45, 2.75) is 32.7 Å². The molecule has 2 aromatic rings. The second kappa shape index (κ2) is 5.35. The number of rotatable bonds is 4. The molecule has 5 nitrogen and oxygen atoms in total. The molecule has 0 aliphatic heterocycles. The molecule has 1 aromatic carbocycles. The fraction of sp³-hybridized carbons (Fsp3) is 0.417. The Labute approximate surface area is 111 Å². The van der Waals surface area contributed by atoms with Crippen LogP contribution in [0.25, 0.3) is 11.4 Å². The van der Waals surface area contributed by atoms with Gasteiger partial charge in [0.1, 0.15) is 0 Å². The van der Waals surface area contributed by atoms with Gasteiger partial charge in [0.25, 0.3) is 0 Å². The Bertz CT molecular complexity index is 537. The molecule has 6 heteroatoms. The van der Waals surface area contributed by atoms with E-state index in [-0.39, 0.29) is 6.04 Å². The first-order valence-electron chi connectivity index (χ1n) is 5.96. The van der Waals surface area contributed by atoms with Crippen molar-refractivity contribution >= 4 is 17.3 Å². The molecular weight excluding hydrogens is 250 g/mol. The molecule has 0 bridgehead atoms. The van der Waals surface area contributed by atoms with Crippen LogP contribution in [-0.4, -0.2) is 20.2 Å². The quantitative estimate of drug-likeness (QED) is 0.863. The van der Waals surface area contributed by atoms with Crippen molar-refractivity contribution in [2.24, 2.45) is 0 Å². The van der Waals surface area contributed by atoms with Crippen LogP contribution >= 0.6 is 11.6 Å². The third-order valence-corrected chi connectivity index (χ3v) is 3.22. The van der Waals surface area contributed by atoms with Gasteiger partial charge in [0.15, 0.2) is 5.82 Å². The summed E-state index contributed by atoms with van der Waals surface area (Å²) >= 11 is 5.91. The minimum Gasteiger partial charge on any atom is -0.398 e. The summed E-state index contributed by atoms with van der Waals surface area (Å²) in [5.41, 5.74) is 7.22. The number of benzene rings is 1. The molecule has 18 heavy (non-hydrogen) atoms. The van der Waals surface area contributed by atoms with Crippen LogP contribution in [0, 0.1) is 0 Å². The molecule has 1 atom stereocenters. The molecule has 96 valence electrons. The molecule has 2 rings (SSSR count). The smallest absolute Gasteiger partial charge is 0.182 e. The topological polar surface area (TPSA) is 69.6 Å². The van der Waals surface area contributed by atoms with Gasteiger partial charge in [0.05, 0.1) is 16.8 Å². The highest BCUT2D eigenvalue weighted by molar-refractivity contribution is 6.33. The summed E-state index contributed by atoms with van der Waals surface area (Å²) in [6.45, 7) is 4.24. The largest absolute Gasteiger partial charge is 0.398 e. The highest BCUT2D eigenvalue weighted by atomic mass is 35.5. The highest BCUT2D eigenvalue weighted by Crippen LogP contribution is 2.27. The maximum atomic E-state index is 5.91. The van der Waals surface area contributed by atoms with Gasteiger partial charge in [0, 0.05) is 5.56 Å². The zero-order chi connectivity index (χ0) is 13.1. The Kier molecular flexibility index (Phi) is 3.81. The normalized spacial score (nSPS) is 12.6. The van der Waals surface area contributed by atoms with E-state index in [1.165, 1.54) is 0 Å². The van der Waals surface area contributed by atoms with E-state index in [4.69, 9.17) is 17.3 Å². The van der Waals surface area contributed by atoms with Gasteiger partial charge >= 0.3 is 0 Å². The number of nitrogens with zero attached hydrogens (tertiary/aromatic N) is 4. The summed E-state index contributed by atoms with van der Waals surface area (Å²) in [4.78, 5) is 0. The molecule has 0 fully saturated rings. The molecule has 0 spiro atoms. The van der Waals surface area contributed by atoms with Gasteiger partial charge in [-0.2, -0.15) is 0 Å². The van der Waals surface area contributed by atoms with Gasteiger partial charge in [-0.3, -0.25) is 0 Å². The van der Waals surface area contributed by atoms with Crippen molar-refractivity contribution in [3.63, 3.8) is 0 Å². The van der Waals surface area contributed by atoms with Gasteiger partial charge in [-0.1, -0.05) is 24.9 Å². The van der Waals surface area contributed by atoms with Crippen LogP contribution in [0.3, 0.4) is 0 Å². The van der Waals surface area contributed by atoms with Crippen molar-refractivity contribution in [3.05, 3.63) is 23.2 Å². The molecule has 0 radical (unpaired) electrons. The minimum atomic E-state index is 0.261. The number of nitrogen functional groups attached to an aromatic ring is 1. The zero-order valence-corrected chi connectivity index (χ0v) is 11.2. The van der Waals surface area contributed by atoms with Crippen LogP contribution in [0.4, 0.5) is 5.69 Å². The predicted octanol–water partition coefficient (Wildman–Crippen LogP) is 2.94. The van der Waals surface area contributed by atoms with E-state index in [0.717, 1.165) is 24.2 Å². The molecule has 2 N–H and O–H groups in total. The molecule has 1 aromatic heterocycles. The molecule has 0 saturated carbocycles. The summed E-state index contributed by atoms with van der Waals surface area (Å²) < 4.78 is 1.83. The van der Waals surface area contributed by atoms with E-state index in [1.807, 2.05) is 10.7 Å². The summed E-state index contributed by atoms with van der Waals surface area (Å²) in [5.74, 6) is 0.722. The summed E-state index contributed by atoms with van der Waals surface area (Å²) in [6.07, 6.45) is 2.12. The Morgan fingerprint density at radius 3 is 2.89 bits per heavy atom. The summed E-state index contributed by atoms with van der Waals surface area (Å²) in [5, 5.41) is 12.4. The van der Waals surface area contributed by atoms with Gasteiger partial charge in [0.2, 0.25) is 0 Å². The van der Waals surface area contributed by atoms with Gasteiger partial charge < -0.3 is 5.73 Å². The molecule has 0 saturated heterocycles. The second-order valence-electron chi connectivity index (χ2n) is 4.32. The van der Waals surface area contributed by atoms with Crippen molar-refractivity contribution in [1.82, 2.24) is 20.2 Å². The fourth-order valence-electron chi connectivity index (χ4n) is 1.90. The van der Waals surface area contributed by atoms with Crippen LogP contribution in [0.15, 0.2) is 18.2 Å². The zero-order valence-electron chi connectivity index (χ0n) is 10.5. The van der Waals surface area contributed by atoms with E-state index in [1.54, 1.807) is 12.1 Å². The molecule has 1 heterocycles. The monoisotopic (exact) mass is 265 g/mol. The number of aromatic nitrogens is 4. The maximum absolute atomic E-state index is 5.91. The second-order valence-corrected chi connectivity index (χ2v) is 4.73. The van der Waals surface area contributed by atoms with Gasteiger partial charge in [-0.05, 0) is 42.0 Å². The Morgan fingerprint density at radius 1 is 1.44 bits per heavy atom. The molecule has 0 aliphatic carbocycles. The van der Waals surface area contributed by atoms with Crippen LogP contribution < -0.4 is 5.73 Å². The Hall–Kier alpha value is -1.62. The predicted molar refractivity (Wildman–Crippen MR) is 72.3 cm³/mol. The fourth-order valence-corrected chi connectivity index (χ4v) is 2.02. The van der Waals surface area contributed by atoms with Crippen LogP contribution in [-0.2, 0) is 0 Å². The average Bonchev–Trinajstić information content (AvgIpc) is 2.82. The number of anilines is 1. The lowest BCUT2D eigenvalue weighted by molar-refractivity contribution is 0.447. The van der Waals surface area contributed by atoms with Crippen LogP contribution in [0.5, 0.6) is 0 Å². The summed E-state index contributed by atoms with van der Waals surface area (Å²) in [7, 11) is 0.